The SMILES string of the molecule is CN=C(NCC(C)COCc1ccccc1)NCC(C)SC. The fourth-order valence-electron chi connectivity index (χ4n) is 1.83. The molecule has 0 spiro atoms. The molecule has 0 amide bonds. The minimum Gasteiger partial charge on any atom is -0.376 e. The van der Waals surface area contributed by atoms with Crippen molar-refractivity contribution in [1.29, 1.82) is 0 Å². The van der Waals surface area contributed by atoms with Crippen molar-refractivity contribution in [2.45, 2.75) is 25.7 Å². The summed E-state index contributed by atoms with van der Waals surface area (Å²) in [5.74, 6) is 1.29. The lowest BCUT2D eigenvalue weighted by Crippen LogP contribution is -2.42. The van der Waals surface area contributed by atoms with Crippen LogP contribution in [0.4, 0.5) is 0 Å². The first-order valence-corrected chi connectivity index (χ1v) is 9.03. The summed E-state index contributed by atoms with van der Waals surface area (Å²) in [5.41, 5.74) is 1.21. The molecule has 1 rings (SSSR count). The summed E-state index contributed by atoms with van der Waals surface area (Å²) in [5, 5.41) is 7.26. The molecule has 2 unspecified atom stereocenters. The van der Waals surface area contributed by atoms with Crippen LogP contribution in [0, 0.1) is 5.92 Å². The van der Waals surface area contributed by atoms with Crippen molar-refractivity contribution in [1.82, 2.24) is 10.6 Å². The number of rotatable bonds is 9. The van der Waals surface area contributed by atoms with Crippen LogP contribution >= 0.6 is 11.8 Å². The summed E-state index contributed by atoms with van der Waals surface area (Å²) in [4.78, 5) is 4.24. The van der Waals surface area contributed by atoms with E-state index in [-0.39, 0.29) is 0 Å². The molecule has 22 heavy (non-hydrogen) atoms. The van der Waals surface area contributed by atoms with Gasteiger partial charge in [0.05, 0.1) is 13.2 Å². The van der Waals surface area contributed by atoms with E-state index in [1.165, 1.54) is 5.56 Å². The standard InChI is InChI=1S/C17H29N3OS/c1-14(12-21-13-16-8-6-5-7-9-16)10-19-17(18-3)20-11-15(2)22-4/h5-9,14-15H,10-13H2,1-4H3,(H2,18,19,20). The molecule has 1 aromatic carbocycles. The molecule has 1 aromatic rings. The van der Waals surface area contributed by atoms with Crippen molar-refractivity contribution in [2.24, 2.45) is 10.9 Å². The van der Waals surface area contributed by atoms with E-state index in [1.807, 2.05) is 30.0 Å². The lowest BCUT2D eigenvalue weighted by atomic mass is 10.2. The summed E-state index contributed by atoms with van der Waals surface area (Å²) < 4.78 is 5.76. The van der Waals surface area contributed by atoms with E-state index in [0.29, 0.717) is 17.8 Å². The summed E-state index contributed by atoms with van der Waals surface area (Å²) in [6, 6.07) is 10.3. The second-order valence-corrected chi connectivity index (χ2v) is 6.76. The van der Waals surface area contributed by atoms with Crippen molar-refractivity contribution in [3.63, 3.8) is 0 Å². The Morgan fingerprint density at radius 2 is 1.86 bits per heavy atom. The zero-order valence-corrected chi connectivity index (χ0v) is 15.0. The van der Waals surface area contributed by atoms with Crippen molar-refractivity contribution in [3.8, 4) is 0 Å². The van der Waals surface area contributed by atoms with Crippen molar-refractivity contribution >= 4 is 17.7 Å². The van der Waals surface area contributed by atoms with Gasteiger partial charge in [0, 0.05) is 25.4 Å². The maximum atomic E-state index is 5.76. The molecule has 0 saturated heterocycles. The van der Waals surface area contributed by atoms with Gasteiger partial charge in [-0.2, -0.15) is 11.8 Å². The van der Waals surface area contributed by atoms with Crippen LogP contribution in [0.25, 0.3) is 0 Å². The largest absolute Gasteiger partial charge is 0.376 e. The summed E-state index contributed by atoms with van der Waals surface area (Å²) >= 11 is 1.85. The Kier molecular flexibility index (Phi) is 9.75. The molecule has 2 atom stereocenters. The Morgan fingerprint density at radius 1 is 1.18 bits per heavy atom. The van der Waals surface area contributed by atoms with Crippen LogP contribution in [0.15, 0.2) is 35.3 Å². The van der Waals surface area contributed by atoms with E-state index in [0.717, 1.165) is 25.7 Å². The van der Waals surface area contributed by atoms with E-state index in [9.17, 15) is 0 Å². The van der Waals surface area contributed by atoms with Crippen LogP contribution in [0.5, 0.6) is 0 Å². The Labute approximate surface area is 139 Å². The number of hydrogen-bond acceptors (Lipinski definition) is 3. The molecule has 0 saturated carbocycles. The highest BCUT2D eigenvalue weighted by molar-refractivity contribution is 7.99. The predicted molar refractivity (Wildman–Crippen MR) is 97.6 cm³/mol. The molecule has 0 radical (unpaired) electrons. The minimum atomic E-state index is 0.431. The molecule has 0 fully saturated rings. The van der Waals surface area contributed by atoms with Gasteiger partial charge in [-0.05, 0) is 17.7 Å². The van der Waals surface area contributed by atoms with Crippen LogP contribution in [0.1, 0.15) is 19.4 Å². The highest BCUT2D eigenvalue weighted by Crippen LogP contribution is 2.03. The van der Waals surface area contributed by atoms with E-state index < -0.39 is 0 Å². The highest BCUT2D eigenvalue weighted by Gasteiger charge is 2.06. The molecule has 4 nitrogen and oxygen atoms in total. The van der Waals surface area contributed by atoms with Crippen LogP contribution in [-0.4, -0.2) is 44.2 Å². The quantitative estimate of drug-likeness (QED) is 0.542. The van der Waals surface area contributed by atoms with Crippen LogP contribution < -0.4 is 10.6 Å². The van der Waals surface area contributed by atoms with Crippen molar-refractivity contribution in [3.05, 3.63) is 35.9 Å². The van der Waals surface area contributed by atoms with Gasteiger partial charge in [-0.1, -0.05) is 44.2 Å². The molecule has 0 aliphatic carbocycles. The number of thioether (sulfide) groups is 1. The van der Waals surface area contributed by atoms with Gasteiger partial charge >= 0.3 is 0 Å². The molecule has 124 valence electrons. The number of aliphatic imine (C=N–C) groups is 1. The zero-order chi connectivity index (χ0) is 16.2. The smallest absolute Gasteiger partial charge is 0.191 e. The van der Waals surface area contributed by atoms with E-state index in [4.69, 9.17) is 4.74 Å². The number of guanidine groups is 1. The van der Waals surface area contributed by atoms with Gasteiger partial charge in [0.25, 0.3) is 0 Å². The Morgan fingerprint density at radius 3 is 2.50 bits per heavy atom. The van der Waals surface area contributed by atoms with Gasteiger partial charge in [-0.3, -0.25) is 4.99 Å². The third-order valence-electron chi connectivity index (χ3n) is 3.31. The number of benzene rings is 1. The number of ether oxygens (including phenoxy) is 1. The normalized spacial score (nSPS) is 14.5. The number of nitrogens with zero attached hydrogens (tertiary/aromatic N) is 1. The first-order valence-electron chi connectivity index (χ1n) is 7.74. The zero-order valence-electron chi connectivity index (χ0n) is 14.1. The van der Waals surface area contributed by atoms with Crippen LogP contribution in [0.2, 0.25) is 0 Å². The number of nitrogens with one attached hydrogen (secondary N) is 2. The topological polar surface area (TPSA) is 45.7 Å². The fraction of sp³-hybridized carbons (Fsp3) is 0.588. The molecular weight excluding hydrogens is 294 g/mol. The molecule has 0 heterocycles. The summed E-state index contributed by atoms with van der Waals surface area (Å²) in [6.07, 6.45) is 2.12. The molecular formula is C17H29N3OS. The maximum Gasteiger partial charge on any atom is 0.191 e. The molecule has 5 heteroatoms. The Hall–Kier alpha value is -1.20. The minimum absolute atomic E-state index is 0.431. The molecule has 0 aliphatic heterocycles. The molecule has 0 bridgehead atoms. The fourth-order valence-corrected chi connectivity index (χ4v) is 2.08. The van der Waals surface area contributed by atoms with Gasteiger partial charge in [0.2, 0.25) is 0 Å². The van der Waals surface area contributed by atoms with Gasteiger partial charge in [0.1, 0.15) is 0 Å². The average molecular weight is 324 g/mol. The molecule has 0 aromatic heterocycles. The van der Waals surface area contributed by atoms with Crippen LogP contribution in [-0.2, 0) is 11.3 Å². The van der Waals surface area contributed by atoms with Crippen LogP contribution in [0.3, 0.4) is 0 Å². The summed E-state index contributed by atoms with van der Waals surface area (Å²) in [7, 11) is 1.80. The monoisotopic (exact) mass is 323 g/mol. The number of hydrogen-bond donors (Lipinski definition) is 2. The Bertz CT molecular complexity index is 425. The average Bonchev–Trinajstić information content (AvgIpc) is 2.55. The van der Waals surface area contributed by atoms with Crippen molar-refractivity contribution < 1.29 is 4.74 Å². The first kappa shape index (κ1) is 18.8. The van der Waals surface area contributed by atoms with Gasteiger partial charge in [-0.25, -0.2) is 0 Å². The maximum absolute atomic E-state index is 5.76. The summed E-state index contributed by atoms with van der Waals surface area (Å²) in [6.45, 7) is 7.55. The Balaban J connectivity index is 2.17. The van der Waals surface area contributed by atoms with Crippen molar-refractivity contribution in [2.75, 3.05) is 33.0 Å². The van der Waals surface area contributed by atoms with Gasteiger partial charge in [0.15, 0.2) is 5.96 Å². The molecule has 2 N–H and O–H groups in total. The highest BCUT2D eigenvalue weighted by atomic mass is 32.2. The first-order chi connectivity index (χ1) is 10.7. The second-order valence-electron chi connectivity index (χ2n) is 5.49. The second kappa shape index (κ2) is 11.4. The van der Waals surface area contributed by atoms with E-state index >= 15 is 0 Å². The van der Waals surface area contributed by atoms with Gasteiger partial charge < -0.3 is 15.4 Å². The lowest BCUT2D eigenvalue weighted by molar-refractivity contribution is 0.0931. The predicted octanol–water partition coefficient (Wildman–Crippen LogP) is 2.76. The third-order valence-corrected chi connectivity index (χ3v) is 4.29. The third kappa shape index (κ3) is 8.29. The lowest BCUT2D eigenvalue weighted by Gasteiger charge is -2.17. The van der Waals surface area contributed by atoms with E-state index in [2.05, 4.69) is 47.9 Å². The molecule has 0 aliphatic rings. The van der Waals surface area contributed by atoms with Gasteiger partial charge in [-0.15, -0.1) is 0 Å². The van der Waals surface area contributed by atoms with E-state index in [1.54, 1.807) is 7.05 Å².